The number of aryl methyl sites for hydroxylation is 1. The van der Waals surface area contributed by atoms with Gasteiger partial charge in [0.1, 0.15) is 5.82 Å². The lowest BCUT2D eigenvalue weighted by Gasteiger charge is -2.26. The molecule has 1 aromatic rings. The van der Waals surface area contributed by atoms with Crippen molar-refractivity contribution in [3.63, 3.8) is 0 Å². The molecule has 0 radical (unpaired) electrons. The molecule has 4 N–H and O–H groups in total. The number of nitrogens with two attached hydrogens (primary N) is 1. The Morgan fingerprint density at radius 2 is 2.27 bits per heavy atom. The zero-order chi connectivity index (χ0) is 11.5. The summed E-state index contributed by atoms with van der Waals surface area (Å²) in [4.78, 5) is 4.01. The van der Waals surface area contributed by atoms with Gasteiger partial charge in [0.05, 0.1) is 5.60 Å². The highest BCUT2D eigenvalue weighted by atomic mass is 16.3. The summed E-state index contributed by atoms with van der Waals surface area (Å²) in [5.74, 6) is 0.413. The highest BCUT2D eigenvalue weighted by Crippen LogP contribution is 2.30. The van der Waals surface area contributed by atoms with Gasteiger partial charge in [0.15, 0.2) is 0 Å². The van der Waals surface area contributed by atoms with E-state index in [1.807, 2.05) is 20.0 Å². The lowest BCUT2D eigenvalue weighted by atomic mass is 9.89. The van der Waals surface area contributed by atoms with E-state index < -0.39 is 5.60 Å². The van der Waals surface area contributed by atoms with E-state index in [0.29, 0.717) is 12.2 Å². The van der Waals surface area contributed by atoms with Crippen molar-refractivity contribution >= 4 is 5.82 Å². The molecule has 1 rings (SSSR count). The SMILES string of the molecule is CNCCC(C)(O)c1c(C)ccnc1N. The van der Waals surface area contributed by atoms with Crippen LogP contribution in [0.5, 0.6) is 0 Å². The third-order valence-corrected chi connectivity index (χ3v) is 2.59. The van der Waals surface area contributed by atoms with Gasteiger partial charge in [-0.05, 0) is 45.5 Å². The van der Waals surface area contributed by atoms with Crippen molar-refractivity contribution in [1.29, 1.82) is 0 Å². The summed E-state index contributed by atoms with van der Waals surface area (Å²) in [5.41, 5.74) is 6.57. The van der Waals surface area contributed by atoms with E-state index in [-0.39, 0.29) is 0 Å². The number of anilines is 1. The van der Waals surface area contributed by atoms with Crippen LogP contribution < -0.4 is 11.1 Å². The van der Waals surface area contributed by atoms with Crippen molar-refractivity contribution in [3.8, 4) is 0 Å². The molecule has 15 heavy (non-hydrogen) atoms. The van der Waals surface area contributed by atoms with E-state index in [4.69, 9.17) is 5.73 Å². The highest BCUT2D eigenvalue weighted by molar-refractivity contribution is 5.47. The standard InChI is InChI=1S/C11H19N3O/c1-8-4-6-14-10(12)9(8)11(2,15)5-7-13-3/h4,6,13,15H,5,7H2,1-3H3,(H2,12,14). The first kappa shape index (κ1) is 11.9. The third-order valence-electron chi connectivity index (χ3n) is 2.59. The summed E-state index contributed by atoms with van der Waals surface area (Å²) < 4.78 is 0. The quantitative estimate of drug-likeness (QED) is 0.685. The summed E-state index contributed by atoms with van der Waals surface area (Å²) >= 11 is 0. The van der Waals surface area contributed by atoms with E-state index in [2.05, 4.69) is 10.3 Å². The average Bonchev–Trinajstić information content (AvgIpc) is 2.14. The molecule has 4 nitrogen and oxygen atoms in total. The Hall–Kier alpha value is -1.13. The van der Waals surface area contributed by atoms with Gasteiger partial charge in [-0.25, -0.2) is 4.98 Å². The molecule has 0 aliphatic heterocycles. The van der Waals surface area contributed by atoms with Gasteiger partial charge in [-0.15, -0.1) is 0 Å². The van der Waals surface area contributed by atoms with Crippen LogP contribution in [0, 0.1) is 6.92 Å². The second-order valence-corrected chi connectivity index (χ2v) is 4.02. The maximum absolute atomic E-state index is 10.3. The third kappa shape index (κ3) is 2.67. The number of nitrogen functional groups attached to an aromatic ring is 1. The maximum Gasteiger partial charge on any atom is 0.129 e. The second kappa shape index (κ2) is 4.59. The zero-order valence-electron chi connectivity index (χ0n) is 9.54. The fourth-order valence-electron chi connectivity index (χ4n) is 1.77. The number of hydrogen-bond acceptors (Lipinski definition) is 4. The van der Waals surface area contributed by atoms with E-state index in [0.717, 1.165) is 17.7 Å². The largest absolute Gasteiger partial charge is 0.385 e. The first-order valence-corrected chi connectivity index (χ1v) is 5.07. The summed E-state index contributed by atoms with van der Waals surface area (Å²) in [7, 11) is 1.86. The van der Waals surface area contributed by atoms with Gasteiger partial charge in [0.2, 0.25) is 0 Å². The van der Waals surface area contributed by atoms with Crippen molar-refractivity contribution in [1.82, 2.24) is 10.3 Å². The van der Waals surface area contributed by atoms with E-state index in [1.54, 1.807) is 13.1 Å². The zero-order valence-corrected chi connectivity index (χ0v) is 9.54. The van der Waals surface area contributed by atoms with Crippen molar-refractivity contribution in [2.24, 2.45) is 0 Å². The molecule has 1 atom stereocenters. The van der Waals surface area contributed by atoms with Crippen LogP contribution in [0.25, 0.3) is 0 Å². The Labute approximate surface area is 90.5 Å². The fraction of sp³-hybridized carbons (Fsp3) is 0.545. The van der Waals surface area contributed by atoms with Gasteiger partial charge in [-0.1, -0.05) is 0 Å². The van der Waals surface area contributed by atoms with Gasteiger partial charge in [-0.3, -0.25) is 0 Å². The Bertz CT molecular complexity index is 316. The Kier molecular flexibility index (Phi) is 3.66. The number of rotatable bonds is 4. The van der Waals surface area contributed by atoms with E-state index in [1.165, 1.54) is 0 Å². The van der Waals surface area contributed by atoms with Gasteiger partial charge in [0, 0.05) is 11.8 Å². The predicted molar refractivity (Wildman–Crippen MR) is 61.5 cm³/mol. The second-order valence-electron chi connectivity index (χ2n) is 4.02. The number of nitrogens with zero attached hydrogens (tertiary/aromatic N) is 1. The number of aromatic nitrogens is 1. The summed E-state index contributed by atoms with van der Waals surface area (Å²) in [5, 5.41) is 13.3. The van der Waals surface area contributed by atoms with Gasteiger partial charge < -0.3 is 16.2 Å². The molecule has 1 unspecified atom stereocenters. The van der Waals surface area contributed by atoms with Crippen LogP contribution >= 0.6 is 0 Å². The summed E-state index contributed by atoms with van der Waals surface area (Å²) in [6, 6.07) is 1.86. The Morgan fingerprint density at radius 1 is 1.60 bits per heavy atom. The number of pyridine rings is 1. The Balaban J connectivity index is 3.03. The fourth-order valence-corrected chi connectivity index (χ4v) is 1.77. The number of aliphatic hydroxyl groups is 1. The van der Waals surface area contributed by atoms with Crippen molar-refractivity contribution in [2.75, 3.05) is 19.3 Å². The molecule has 0 aromatic carbocycles. The molecular weight excluding hydrogens is 190 g/mol. The molecule has 0 aliphatic carbocycles. The van der Waals surface area contributed by atoms with Crippen LogP contribution in [-0.2, 0) is 5.60 Å². The van der Waals surface area contributed by atoms with Crippen LogP contribution in [0.15, 0.2) is 12.3 Å². The molecule has 0 aliphatic rings. The minimum atomic E-state index is -0.925. The molecule has 0 saturated carbocycles. The molecule has 1 aromatic heterocycles. The molecule has 84 valence electrons. The summed E-state index contributed by atoms with van der Waals surface area (Å²) in [6.07, 6.45) is 2.27. The van der Waals surface area contributed by atoms with Crippen molar-refractivity contribution in [3.05, 3.63) is 23.4 Å². The van der Waals surface area contributed by atoms with Gasteiger partial charge >= 0.3 is 0 Å². The van der Waals surface area contributed by atoms with Crippen LogP contribution in [0.1, 0.15) is 24.5 Å². The first-order valence-electron chi connectivity index (χ1n) is 5.07. The normalized spacial score (nSPS) is 14.9. The Morgan fingerprint density at radius 3 is 2.80 bits per heavy atom. The minimum absolute atomic E-state index is 0.413. The number of hydrogen-bond donors (Lipinski definition) is 3. The van der Waals surface area contributed by atoms with Crippen molar-refractivity contribution < 1.29 is 5.11 Å². The first-order chi connectivity index (χ1) is 6.99. The number of nitrogens with one attached hydrogen (secondary N) is 1. The van der Waals surface area contributed by atoms with E-state index >= 15 is 0 Å². The van der Waals surface area contributed by atoms with Crippen LogP contribution in [0.3, 0.4) is 0 Å². The van der Waals surface area contributed by atoms with Crippen LogP contribution in [0.4, 0.5) is 5.82 Å². The van der Waals surface area contributed by atoms with Crippen LogP contribution in [0.2, 0.25) is 0 Å². The molecular formula is C11H19N3O. The highest BCUT2D eigenvalue weighted by Gasteiger charge is 2.27. The van der Waals surface area contributed by atoms with Crippen molar-refractivity contribution in [2.45, 2.75) is 25.9 Å². The molecule has 4 heteroatoms. The average molecular weight is 209 g/mol. The molecule has 0 fully saturated rings. The van der Waals surface area contributed by atoms with E-state index in [9.17, 15) is 5.11 Å². The molecule has 0 bridgehead atoms. The lowest BCUT2D eigenvalue weighted by molar-refractivity contribution is 0.0484. The topological polar surface area (TPSA) is 71.2 Å². The monoisotopic (exact) mass is 209 g/mol. The van der Waals surface area contributed by atoms with Gasteiger partial charge in [-0.2, -0.15) is 0 Å². The van der Waals surface area contributed by atoms with Gasteiger partial charge in [0.25, 0.3) is 0 Å². The molecule has 1 heterocycles. The minimum Gasteiger partial charge on any atom is -0.385 e. The smallest absolute Gasteiger partial charge is 0.129 e. The molecule has 0 amide bonds. The lowest BCUT2D eigenvalue weighted by Crippen LogP contribution is -2.28. The molecule has 0 saturated heterocycles. The van der Waals surface area contributed by atoms with Crippen LogP contribution in [-0.4, -0.2) is 23.7 Å². The predicted octanol–water partition coefficient (Wildman–Crippen LogP) is 0.789. The molecule has 0 spiro atoms. The summed E-state index contributed by atoms with van der Waals surface area (Å²) in [6.45, 7) is 4.44. The maximum atomic E-state index is 10.3.